The molecule has 1 N–H and O–H groups in total. The van der Waals surface area contributed by atoms with Gasteiger partial charge in [-0.25, -0.2) is 0 Å². The molecule has 0 aromatic heterocycles. The summed E-state index contributed by atoms with van der Waals surface area (Å²) in [5, 5.41) is 12.1. The third-order valence-corrected chi connectivity index (χ3v) is 13.8. The number of carbonyl (C=O) groups is 1. The standard InChI is InChI=1S/C33H54O4Si/c1-7-36-31(34)25-33(35)24-28(23-27-20-15-16-21-29(27)33)30(37-38(5,6)32(2,3)4)22-14-9-8-11-17-26-18-12-10-13-19-26/h10,12-13,18-19,22,27-29,35H,7-9,11,14-17,20-21,23-25H2,1-6H3/b30-22+. The van der Waals surface area contributed by atoms with E-state index < -0.39 is 13.9 Å². The number of unbranched alkanes of at least 4 members (excludes halogenated alkanes) is 3. The molecule has 4 atom stereocenters. The van der Waals surface area contributed by atoms with Gasteiger partial charge in [-0.05, 0) is 93.5 Å². The average molecular weight is 543 g/mol. The van der Waals surface area contributed by atoms with E-state index >= 15 is 0 Å². The molecule has 0 heterocycles. The minimum atomic E-state index is -2.05. The Morgan fingerprint density at radius 3 is 2.50 bits per heavy atom. The summed E-state index contributed by atoms with van der Waals surface area (Å²) < 4.78 is 12.3. The lowest BCUT2D eigenvalue weighted by molar-refractivity contribution is -0.160. The molecule has 2 fully saturated rings. The number of allylic oxidation sites excluding steroid dienone is 2. The number of esters is 1. The van der Waals surface area contributed by atoms with Crippen LogP contribution in [0.15, 0.2) is 42.2 Å². The highest BCUT2D eigenvalue weighted by molar-refractivity contribution is 6.74. The monoisotopic (exact) mass is 542 g/mol. The van der Waals surface area contributed by atoms with E-state index in [1.165, 1.54) is 24.8 Å². The van der Waals surface area contributed by atoms with Crippen LogP contribution in [0.5, 0.6) is 0 Å². The number of rotatable bonds is 12. The van der Waals surface area contributed by atoms with E-state index in [0.717, 1.165) is 50.7 Å². The first-order valence-electron chi connectivity index (χ1n) is 15.3. The molecule has 0 saturated heterocycles. The average Bonchev–Trinajstić information content (AvgIpc) is 2.85. The Kier molecular flexibility index (Phi) is 11.1. The number of hydrogen-bond acceptors (Lipinski definition) is 4. The van der Waals surface area contributed by atoms with Crippen molar-refractivity contribution in [2.75, 3.05) is 6.61 Å². The van der Waals surface area contributed by atoms with E-state index in [9.17, 15) is 9.90 Å². The molecule has 0 bridgehead atoms. The number of aliphatic hydroxyl groups is 1. The minimum Gasteiger partial charge on any atom is -0.547 e. The Morgan fingerprint density at radius 2 is 1.82 bits per heavy atom. The summed E-state index contributed by atoms with van der Waals surface area (Å²) in [4.78, 5) is 12.6. The van der Waals surface area contributed by atoms with E-state index in [-0.39, 0.29) is 29.3 Å². The molecule has 38 heavy (non-hydrogen) atoms. The van der Waals surface area contributed by atoms with Crippen LogP contribution in [0.4, 0.5) is 0 Å². The number of hydrogen-bond donors (Lipinski definition) is 1. The number of ether oxygens (including phenoxy) is 1. The lowest BCUT2D eigenvalue weighted by Crippen LogP contribution is -2.51. The molecular weight excluding hydrogens is 488 g/mol. The van der Waals surface area contributed by atoms with Crippen LogP contribution in [0.3, 0.4) is 0 Å². The van der Waals surface area contributed by atoms with E-state index in [2.05, 4.69) is 70.3 Å². The van der Waals surface area contributed by atoms with Crippen LogP contribution in [0.1, 0.15) is 104 Å². The van der Waals surface area contributed by atoms with Gasteiger partial charge in [0.25, 0.3) is 0 Å². The second kappa shape index (κ2) is 13.7. The van der Waals surface area contributed by atoms with Crippen LogP contribution in [-0.4, -0.2) is 31.6 Å². The topological polar surface area (TPSA) is 55.8 Å². The largest absolute Gasteiger partial charge is 0.547 e. The first-order chi connectivity index (χ1) is 17.9. The second-order valence-electron chi connectivity index (χ2n) is 13.4. The Hall–Kier alpha value is -1.59. The van der Waals surface area contributed by atoms with Crippen LogP contribution in [-0.2, 0) is 20.4 Å². The van der Waals surface area contributed by atoms with Crippen LogP contribution in [0.2, 0.25) is 18.1 Å². The van der Waals surface area contributed by atoms with Crippen LogP contribution >= 0.6 is 0 Å². The summed E-state index contributed by atoms with van der Waals surface area (Å²) in [6.07, 6.45) is 14.3. The van der Waals surface area contributed by atoms with Crippen molar-refractivity contribution in [2.24, 2.45) is 17.8 Å². The molecule has 2 saturated carbocycles. The second-order valence-corrected chi connectivity index (χ2v) is 18.2. The Labute approximate surface area is 233 Å². The van der Waals surface area contributed by atoms with Crippen molar-refractivity contribution in [3.63, 3.8) is 0 Å². The van der Waals surface area contributed by atoms with E-state index in [1.807, 2.05) is 6.92 Å². The molecule has 0 radical (unpaired) electrons. The van der Waals surface area contributed by atoms with Gasteiger partial charge in [0.2, 0.25) is 8.32 Å². The Morgan fingerprint density at radius 1 is 1.11 bits per heavy atom. The molecule has 2 aliphatic carbocycles. The zero-order chi connectivity index (χ0) is 27.8. The van der Waals surface area contributed by atoms with Crippen molar-refractivity contribution in [2.45, 2.75) is 128 Å². The molecule has 5 heteroatoms. The third-order valence-electron chi connectivity index (χ3n) is 9.48. The molecule has 4 nitrogen and oxygen atoms in total. The van der Waals surface area contributed by atoms with Crippen molar-refractivity contribution in [1.82, 2.24) is 0 Å². The van der Waals surface area contributed by atoms with Gasteiger partial charge in [0.15, 0.2) is 0 Å². The minimum absolute atomic E-state index is 0.102. The molecule has 2 aliphatic rings. The number of benzene rings is 1. The summed E-state index contributed by atoms with van der Waals surface area (Å²) in [5.41, 5.74) is 0.404. The zero-order valence-corrected chi connectivity index (χ0v) is 26.1. The van der Waals surface area contributed by atoms with Gasteiger partial charge in [0.05, 0.1) is 24.4 Å². The lowest BCUT2D eigenvalue weighted by atomic mass is 9.59. The van der Waals surface area contributed by atoms with Crippen molar-refractivity contribution >= 4 is 14.3 Å². The molecular formula is C33H54O4Si. The van der Waals surface area contributed by atoms with Gasteiger partial charge in [-0.2, -0.15) is 0 Å². The molecule has 3 rings (SSSR count). The van der Waals surface area contributed by atoms with E-state index in [0.29, 0.717) is 18.9 Å². The van der Waals surface area contributed by atoms with E-state index in [1.54, 1.807) is 0 Å². The highest BCUT2D eigenvalue weighted by Crippen LogP contribution is 2.52. The predicted octanol–water partition coefficient (Wildman–Crippen LogP) is 8.60. The summed E-state index contributed by atoms with van der Waals surface area (Å²) in [6.45, 7) is 13.7. The van der Waals surface area contributed by atoms with Crippen LogP contribution in [0, 0.1) is 17.8 Å². The van der Waals surface area contributed by atoms with Crippen molar-refractivity contribution in [3.8, 4) is 0 Å². The maximum atomic E-state index is 12.6. The van der Waals surface area contributed by atoms with Gasteiger partial charge in [-0.1, -0.05) is 76.8 Å². The molecule has 0 spiro atoms. The number of carbonyl (C=O) groups excluding carboxylic acids is 1. The number of fused-ring (bicyclic) bond motifs is 1. The summed E-state index contributed by atoms with van der Waals surface area (Å²) in [6, 6.07) is 10.7. The predicted molar refractivity (Wildman–Crippen MR) is 159 cm³/mol. The van der Waals surface area contributed by atoms with Crippen molar-refractivity contribution in [1.29, 1.82) is 0 Å². The first kappa shape index (κ1) is 30.9. The number of aryl methyl sites for hydroxylation is 1. The quantitative estimate of drug-likeness (QED) is 0.124. The lowest BCUT2D eigenvalue weighted by Gasteiger charge is -2.51. The molecule has 0 amide bonds. The maximum absolute atomic E-state index is 12.6. The normalized spacial score (nSPS) is 26.5. The van der Waals surface area contributed by atoms with Crippen molar-refractivity contribution < 1.29 is 19.1 Å². The highest BCUT2D eigenvalue weighted by atomic mass is 28.4. The fourth-order valence-corrected chi connectivity index (χ4v) is 7.53. The first-order valence-corrected chi connectivity index (χ1v) is 18.2. The summed E-state index contributed by atoms with van der Waals surface area (Å²) in [5.74, 6) is 1.61. The van der Waals surface area contributed by atoms with E-state index in [4.69, 9.17) is 9.16 Å². The SMILES string of the molecule is CCOC(=O)CC1(O)CC(/C(=C\CCCCCc2ccccc2)O[Si](C)(C)C(C)(C)C)CC2CCCCC21. The van der Waals surface area contributed by atoms with Gasteiger partial charge < -0.3 is 14.3 Å². The fraction of sp³-hybridized carbons (Fsp3) is 0.727. The van der Waals surface area contributed by atoms with Gasteiger partial charge in [0.1, 0.15) is 0 Å². The van der Waals surface area contributed by atoms with Gasteiger partial charge in [0, 0.05) is 5.92 Å². The molecule has 1 aromatic carbocycles. The molecule has 1 aromatic rings. The summed E-state index contributed by atoms with van der Waals surface area (Å²) in [7, 11) is -2.05. The van der Waals surface area contributed by atoms with Gasteiger partial charge in [-0.3, -0.25) is 4.79 Å². The molecule has 4 unspecified atom stereocenters. The summed E-state index contributed by atoms with van der Waals surface area (Å²) >= 11 is 0. The van der Waals surface area contributed by atoms with Crippen LogP contribution in [0.25, 0.3) is 0 Å². The molecule has 0 aliphatic heterocycles. The third kappa shape index (κ3) is 8.45. The van der Waals surface area contributed by atoms with Crippen LogP contribution < -0.4 is 0 Å². The van der Waals surface area contributed by atoms with Gasteiger partial charge >= 0.3 is 5.97 Å². The Bertz CT molecular complexity index is 903. The highest BCUT2D eigenvalue weighted by Gasteiger charge is 2.51. The van der Waals surface area contributed by atoms with Crippen molar-refractivity contribution in [3.05, 3.63) is 47.7 Å². The maximum Gasteiger partial charge on any atom is 0.308 e. The smallest absolute Gasteiger partial charge is 0.308 e. The fourth-order valence-electron chi connectivity index (χ4n) is 6.38. The molecule has 214 valence electrons. The zero-order valence-electron chi connectivity index (χ0n) is 25.1. The van der Waals surface area contributed by atoms with Gasteiger partial charge in [-0.15, -0.1) is 0 Å². The Balaban J connectivity index is 1.75.